The van der Waals surface area contributed by atoms with Gasteiger partial charge < -0.3 is 16.4 Å². The first-order valence-electron chi connectivity index (χ1n) is 7.33. The maximum Gasteiger partial charge on any atom is 0.256 e. The van der Waals surface area contributed by atoms with Gasteiger partial charge in [-0.3, -0.25) is 9.59 Å². The van der Waals surface area contributed by atoms with Gasteiger partial charge in [-0.15, -0.1) is 11.3 Å². The van der Waals surface area contributed by atoms with Crippen LogP contribution in [0.2, 0.25) is 0 Å². The quantitative estimate of drug-likeness (QED) is 0.705. The molecule has 1 amide bonds. The summed E-state index contributed by atoms with van der Waals surface area (Å²) < 4.78 is 0. The molecule has 1 fully saturated rings. The number of amides is 1. The Hall–Kier alpha value is -1.56. The lowest BCUT2D eigenvalue weighted by atomic mass is 9.67. The number of nitrogens with two attached hydrogens (primary N) is 1. The molecule has 1 saturated carbocycles. The zero-order chi connectivity index (χ0) is 15.6. The molecule has 116 valence electrons. The monoisotopic (exact) mass is 309 g/mol. The number of carbonyl (C=O) groups excluding carboxylic acids is 2. The van der Waals surface area contributed by atoms with Crippen molar-refractivity contribution >= 4 is 33.7 Å². The van der Waals surface area contributed by atoms with Crippen LogP contribution in [0.5, 0.6) is 0 Å². The van der Waals surface area contributed by atoms with E-state index in [0.29, 0.717) is 20.9 Å². The molecule has 1 aliphatic rings. The van der Waals surface area contributed by atoms with Crippen molar-refractivity contribution in [2.24, 2.45) is 5.41 Å². The molecular weight excluding hydrogens is 286 g/mol. The third-order valence-electron chi connectivity index (χ3n) is 4.51. The molecule has 0 aromatic carbocycles. The number of rotatable bonds is 6. The number of anilines is 2. The van der Waals surface area contributed by atoms with E-state index >= 15 is 0 Å². The fourth-order valence-corrected chi connectivity index (χ4v) is 3.79. The van der Waals surface area contributed by atoms with Crippen LogP contribution in [0.3, 0.4) is 0 Å². The Bertz CT molecular complexity index is 556. The Kier molecular flexibility index (Phi) is 4.56. The van der Waals surface area contributed by atoms with Crippen molar-refractivity contribution in [1.82, 2.24) is 5.32 Å². The average molecular weight is 309 g/mol. The van der Waals surface area contributed by atoms with Crippen molar-refractivity contribution in [3.8, 4) is 0 Å². The summed E-state index contributed by atoms with van der Waals surface area (Å²) in [5.74, 6) is -0.359. The molecule has 1 aromatic rings. The van der Waals surface area contributed by atoms with Crippen LogP contribution in [0.1, 0.15) is 59.6 Å². The summed E-state index contributed by atoms with van der Waals surface area (Å²) in [6, 6.07) is 0. The van der Waals surface area contributed by atoms with Crippen molar-refractivity contribution in [1.29, 1.82) is 0 Å². The highest BCUT2D eigenvalue weighted by Crippen LogP contribution is 2.45. The molecule has 6 heteroatoms. The van der Waals surface area contributed by atoms with Crippen LogP contribution in [0.4, 0.5) is 10.7 Å². The summed E-state index contributed by atoms with van der Waals surface area (Å²) in [6.07, 6.45) is 4.82. The Morgan fingerprint density at radius 2 is 2.05 bits per heavy atom. The minimum atomic E-state index is -0.252. The lowest BCUT2D eigenvalue weighted by Gasteiger charge is -2.41. The Balaban J connectivity index is 2.27. The number of nitrogens with one attached hydrogen (secondary N) is 2. The zero-order valence-electron chi connectivity index (χ0n) is 12.8. The highest BCUT2D eigenvalue weighted by atomic mass is 32.1. The summed E-state index contributed by atoms with van der Waals surface area (Å²) in [4.78, 5) is 24.1. The van der Waals surface area contributed by atoms with E-state index in [1.165, 1.54) is 37.5 Å². The number of ketones is 1. The highest BCUT2D eigenvalue weighted by Gasteiger charge is 2.35. The van der Waals surface area contributed by atoms with Crippen LogP contribution in [0, 0.1) is 5.41 Å². The summed E-state index contributed by atoms with van der Waals surface area (Å²) in [5.41, 5.74) is 7.00. The van der Waals surface area contributed by atoms with Crippen molar-refractivity contribution in [2.45, 2.75) is 39.5 Å². The molecule has 0 bridgehead atoms. The molecule has 0 spiro atoms. The smallest absolute Gasteiger partial charge is 0.256 e. The molecule has 1 aliphatic carbocycles. The third-order valence-corrected chi connectivity index (χ3v) is 5.77. The second kappa shape index (κ2) is 6.05. The normalized spacial score (nSPS) is 16.1. The molecular formula is C15H23N3O2S. The first-order valence-corrected chi connectivity index (χ1v) is 8.15. The van der Waals surface area contributed by atoms with Crippen LogP contribution in [-0.2, 0) is 0 Å². The van der Waals surface area contributed by atoms with Gasteiger partial charge in [-0.1, -0.05) is 13.3 Å². The molecule has 5 nitrogen and oxygen atoms in total. The minimum Gasteiger partial charge on any atom is -0.397 e. The minimum absolute atomic E-state index is 0.107. The van der Waals surface area contributed by atoms with Crippen molar-refractivity contribution < 1.29 is 9.59 Å². The fraction of sp³-hybridized carbons (Fsp3) is 0.600. The van der Waals surface area contributed by atoms with Crippen LogP contribution in [0.25, 0.3) is 0 Å². The molecule has 1 heterocycles. The van der Waals surface area contributed by atoms with Gasteiger partial charge in [-0.05, 0) is 24.7 Å². The van der Waals surface area contributed by atoms with Gasteiger partial charge >= 0.3 is 0 Å². The van der Waals surface area contributed by atoms with Gasteiger partial charge in [-0.25, -0.2) is 0 Å². The summed E-state index contributed by atoms with van der Waals surface area (Å²) >= 11 is 1.28. The first kappa shape index (κ1) is 15.8. The topological polar surface area (TPSA) is 84.2 Å². The second-order valence-corrected chi connectivity index (χ2v) is 6.77. The summed E-state index contributed by atoms with van der Waals surface area (Å²) in [5, 5.41) is 6.66. The van der Waals surface area contributed by atoms with Gasteiger partial charge in [0.05, 0.1) is 16.1 Å². The molecule has 21 heavy (non-hydrogen) atoms. The molecule has 1 aromatic heterocycles. The lowest BCUT2D eigenvalue weighted by molar-refractivity contribution is 0.0964. The largest absolute Gasteiger partial charge is 0.397 e. The SMILES string of the molecule is CCC1(CNc2sc(C(C)=O)c(N)c2C(=O)NC)CCC1. The number of carbonyl (C=O) groups is 2. The number of hydrogen-bond acceptors (Lipinski definition) is 5. The van der Waals surface area contributed by atoms with Crippen molar-refractivity contribution in [3.05, 3.63) is 10.4 Å². The van der Waals surface area contributed by atoms with E-state index in [4.69, 9.17) is 5.73 Å². The summed E-state index contributed by atoms with van der Waals surface area (Å²) in [7, 11) is 1.57. The molecule has 4 N–H and O–H groups in total. The predicted molar refractivity (Wildman–Crippen MR) is 87.2 cm³/mol. The predicted octanol–water partition coefficient (Wildman–Crippen LogP) is 2.88. The average Bonchev–Trinajstić information content (AvgIpc) is 2.74. The maximum absolute atomic E-state index is 12.0. The van der Waals surface area contributed by atoms with Gasteiger partial charge in [0.15, 0.2) is 5.78 Å². The Morgan fingerprint density at radius 1 is 1.38 bits per heavy atom. The number of hydrogen-bond donors (Lipinski definition) is 3. The Morgan fingerprint density at radius 3 is 2.48 bits per heavy atom. The first-order chi connectivity index (χ1) is 9.94. The van der Waals surface area contributed by atoms with Crippen molar-refractivity contribution in [2.75, 3.05) is 24.6 Å². The standard InChI is InChI=1S/C15H23N3O2S/c1-4-15(6-5-7-15)8-18-14-10(13(20)17-3)11(16)12(21-14)9(2)19/h18H,4-8,16H2,1-3H3,(H,17,20). The van der Waals surface area contributed by atoms with Crippen LogP contribution in [-0.4, -0.2) is 25.3 Å². The zero-order valence-corrected chi connectivity index (χ0v) is 13.7. The van der Waals surface area contributed by atoms with E-state index < -0.39 is 0 Å². The lowest BCUT2D eigenvalue weighted by Crippen LogP contribution is -2.36. The molecule has 0 saturated heterocycles. The van der Waals surface area contributed by atoms with Gasteiger partial charge in [0.2, 0.25) is 0 Å². The Labute approximate surface area is 129 Å². The molecule has 0 unspecified atom stereocenters. The number of nitrogen functional groups attached to an aromatic ring is 1. The van der Waals surface area contributed by atoms with Gasteiger partial charge in [0.1, 0.15) is 5.00 Å². The van der Waals surface area contributed by atoms with Crippen LogP contribution < -0.4 is 16.4 Å². The highest BCUT2D eigenvalue weighted by molar-refractivity contribution is 7.19. The molecule has 2 rings (SSSR count). The van der Waals surface area contributed by atoms with E-state index in [2.05, 4.69) is 17.6 Å². The molecule has 0 aliphatic heterocycles. The van der Waals surface area contributed by atoms with Crippen molar-refractivity contribution in [3.63, 3.8) is 0 Å². The maximum atomic E-state index is 12.0. The van der Waals surface area contributed by atoms with Gasteiger partial charge in [0, 0.05) is 20.5 Å². The third kappa shape index (κ3) is 2.90. The van der Waals surface area contributed by atoms with E-state index in [0.717, 1.165) is 13.0 Å². The second-order valence-electron chi connectivity index (χ2n) is 5.74. The van der Waals surface area contributed by atoms with Crippen LogP contribution in [0.15, 0.2) is 0 Å². The molecule has 0 radical (unpaired) electrons. The number of thiophene rings is 1. The van der Waals surface area contributed by atoms with E-state index in [1.54, 1.807) is 7.05 Å². The fourth-order valence-electron chi connectivity index (χ4n) is 2.78. The summed E-state index contributed by atoms with van der Waals surface area (Å²) in [6.45, 7) is 4.49. The van der Waals surface area contributed by atoms with E-state index in [9.17, 15) is 9.59 Å². The number of Topliss-reactive ketones (excluding diaryl/α,β-unsaturated/α-hetero) is 1. The van der Waals surface area contributed by atoms with E-state index in [1.807, 2.05) is 0 Å². The van der Waals surface area contributed by atoms with E-state index in [-0.39, 0.29) is 17.4 Å². The molecule has 0 atom stereocenters. The van der Waals surface area contributed by atoms with Gasteiger partial charge in [0.25, 0.3) is 5.91 Å². The van der Waals surface area contributed by atoms with Gasteiger partial charge in [-0.2, -0.15) is 0 Å². The van der Waals surface area contributed by atoms with Crippen LogP contribution >= 0.6 is 11.3 Å².